The van der Waals surface area contributed by atoms with Crippen LogP contribution in [0.25, 0.3) is 0 Å². The zero-order chi connectivity index (χ0) is 22.9. The van der Waals surface area contributed by atoms with Crippen molar-refractivity contribution in [3.05, 3.63) is 52.5 Å². The molecule has 3 rings (SSSR count). The number of thioether (sulfide) groups is 1. The Morgan fingerprint density at radius 2 is 2.12 bits per heavy atom. The van der Waals surface area contributed by atoms with Gasteiger partial charge in [0.15, 0.2) is 0 Å². The second-order valence-corrected chi connectivity index (χ2v) is 9.35. The van der Waals surface area contributed by atoms with Crippen LogP contribution in [-0.2, 0) is 25.5 Å². The standard InChI is InChI=1S/C22H27N3O5S2/c1-2-30-22(29)16(9-8-15-6-4-3-5-7-15)24-18-13-32-19(17-12-31-14-23-17)10-25(21(18)28)11-20(26)27/h3-7,12,14,16,18-19,24H,2,8-11,13H2,1H3,(H,26,27). The molecule has 1 aliphatic heterocycles. The van der Waals surface area contributed by atoms with Crippen LogP contribution in [-0.4, -0.2) is 70.4 Å². The molecule has 1 aromatic carbocycles. The number of carboxylic acids is 1. The zero-order valence-electron chi connectivity index (χ0n) is 17.8. The van der Waals surface area contributed by atoms with Crippen LogP contribution in [0.3, 0.4) is 0 Å². The summed E-state index contributed by atoms with van der Waals surface area (Å²) in [6, 6.07) is 8.41. The maximum Gasteiger partial charge on any atom is 0.323 e. The average molecular weight is 478 g/mol. The Morgan fingerprint density at radius 1 is 1.34 bits per heavy atom. The summed E-state index contributed by atoms with van der Waals surface area (Å²) >= 11 is 3.00. The van der Waals surface area contributed by atoms with E-state index in [-0.39, 0.29) is 24.3 Å². The number of nitrogens with zero attached hydrogens (tertiary/aromatic N) is 2. The van der Waals surface area contributed by atoms with Crippen LogP contribution < -0.4 is 5.32 Å². The van der Waals surface area contributed by atoms with Crippen molar-refractivity contribution in [1.82, 2.24) is 15.2 Å². The van der Waals surface area contributed by atoms with Crippen molar-refractivity contribution in [1.29, 1.82) is 0 Å². The van der Waals surface area contributed by atoms with Gasteiger partial charge in [0, 0.05) is 17.7 Å². The topological polar surface area (TPSA) is 109 Å². The van der Waals surface area contributed by atoms with E-state index in [2.05, 4.69) is 10.3 Å². The molecule has 0 aliphatic carbocycles. The fourth-order valence-corrected chi connectivity index (χ4v) is 5.49. The van der Waals surface area contributed by atoms with Crippen LogP contribution in [0.15, 0.2) is 41.2 Å². The number of hydrogen-bond acceptors (Lipinski definition) is 8. The van der Waals surface area contributed by atoms with Crippen molar-refractivity contribution in [2.24, 2.45) is 0 Å². The number of nitrogens with one attached hydrogen (secondary N) is 1. The van der Waals surface area contributed by atoms with Gasteiger partial charge in [-0.25, -0.2) is 4.98 Å². The molecule has 3 unspecified atom stereocenters. The maximum absolute atomic E-state index is 13.2. The number of aliphatic carboxylic acids is 1. The van der Waals surface area contributed by atoms with Crippen molar-refractivity contribution >= 4 is 40.9 Å². The van der Waals surface area contributed by atoms with Gasteiger partial charge in [-0.1, -0.05) is 30.3 Å². The number of amides is 1. The molecule has 2 aromatic rings. The highest BCUT2D eigenvalue weighted by Gasteiger charge is 2.36. The fourth-order valence-electron chi connectivity index (χ4n) is 3.54. The van der Waals surface area contributed by atoms with Gasteiger partial charge in [0.05, 0.1) is 29.1 Å². The van der Waals surface area contributed by atoms with E-state index in [9.17, 15) is 19.5 Å². The second-order valence-electron chi connectivity index (χ2n) is 7.40. The maximum atomic E-state index is 13.2. The number of esters is 1. The monoisotopic (exact) mass is 477 g/mol. The second kappa shape index (κ2) is 12.0. The van der Waals surface area contributed by atoms with Gasteiger partial charge in [0.2, 0.25) is 5.91 Å². The molecule has 2 N–H and O–H groups in total. The highest BCUT2D eigenvalue weighted by molar-refractivity contribution is 7.99. The van der Waals surface area contributed by atoms with Crippen LogP contribution in [0.5, 0.6) is 0 Å². The molecule has 32 heavy (non-hydrogen) atoms. The van der Waals surface area contributed by atoms with Crippen LogP contribution in [0, 0.1) is 0 Å². The first-order chi connectivity index (χ1) is 15.5. The molecule has 1 aromatic heterocycles. The minimum atomic E-state index is -1.08. The quantitative estimate of drug-likeness (QED) is 0.502. The summed E-state index contributed by atoms with van der Waals surface area (Å²) in [5.41, 5.74) is 3.64. The number of rotatable bonds is 10. The predicted octanol–water partition coefficient (Wildman–Crippen LogP) is 2.37. The predicted molar refractivity (Wildman–Crippen MR) is 124 cm³/mol. The number of carboxylic acid groups (broad SMARTS) is 1. The molecule has 3 atom stereocenters. The fraction of sp³-hybridized carbons (Fsp3) is 0.455. The molecule has 1 saturated heterocycles. The highest BCUT2D eigenvalue weighted by atomic mass is 32.2. The van der Waals surface area contributed by atoms with Crippen LogP contribution in [0.2, 0.25) is 0 Å². The highest BCUT2D eigenvalue weighted by Crippen LogP contribution is 2.33. The summed E-state index contributed by atoms with van der Waals surface area (Å²) in [7, 11) is 0. The first-order valence-corrected chi connectivity index (χ1v) is 12.4. The summed E-state index contributed by atoms with van der Waals surface area (Å²) < 4.78 is 5.24. The van der Waals surface area contributed by atoms with Crippen molar-refractivity contribution < 1.29 is 24.2 Å². The van der Waals surface area contributed by atoms with Crippen LogP contribution in [0.4, 0.5) is 0 Å². The van der Waals surface area contributed by atoms with Gasteiger partial charge in [0.25, 0.3) is 0 Å². The minimum Gasteiger partial charge on any atom is -0.480 e. The van der Waals surface area contributed by atoms with Gasteiger partial charge < -0.3 is 14.7 Å². The van der Waals surface area contributed by atoms with E-state index in [0.717, 1.165) is 11.3 Å². The molecular weight excluding hydrogens is 450 g/mol. The van der Waals surface area contributed by atoms with E-state index in [1.54, 1.807) is 24.2 Å². The lowest BCUT2D eigenvalue weighted by molar-refractivity contribution is -0.148. The third-order valence-electron chi connectivity index (χ3n) is 5.11. The van der Waals surface area contributed by atoms with Crippen LogP contribution >= 0.6 is 23.1 Å². The molecule has 2 heterocycles. The Kier molecular flexibility index (Phi) is 9.07. The van der Waals surface area contributed by atoms with Gasteiger partial charge in [0.1, 0.15) is 12.6 Å². The first-order valence-electron chi connectivity index (χ1n) is 10.4. The summed E-state index contributed by atoms with van der Waals surface area (Å²) in [6.07, 6.45) is 1.11. The Labute approximate surface area is 195 Å². The van der Waals surface area contributed by atoms with E-state index in [1.807, 2.05) is 35.7 Å². The SMILES string of the molecule is CCOC(=O)C(CCc1ccccc1)NC1CSC(c2cscn2)CN(CC(=O)O)C1=O. The molecular formula is C22H27N3O5S2. The molecule has 172 valence electrons. The molecule has 8 nitrogen and oxygen atoms in total. The Morgan fingerprint density at radius 3 is 2.78 bits per heavy atom. The normalized spacial score (nSPS) is 19.9. The molecule has 0 bridgehead atoms. The van der Waals surface area contributed by atoms with E-state index in [1.165, 1.54) is 16.2 Å². The number of carbonyl (C=O) groups is 3. The zero-order valence-corrected chi connectivity index (χ0v) is 19.4. The summed E-state index contributed by atoms with van der Waals surface area (Å²) in [5, 5.41) is 14.3. The number of aryl methyl sites for hydroxylation is 1. The average Bonchev–Trinajstić information content (AvgIpc) is 3.27. The van der Waals surface area contributed by atoms with Gasteiger partial charge in [-0.05, 0) is 25.3 Å². The summed E-state index contributed by atoms with van der Waals surface area (Å²) in [4.78, 5) is 42.9. The number of aromatic nitrogens is 1. The smallest absolute Gasteiger partial charge is 0.323 e. The number of hydrogen-bond donors (Lipinski definition) is 2. The van der Waals surface area contributed by atoms with Gasteiger partial charge >= 0.3 is 11.9 Å². The molecule has 0 radical (unpaired) electrons. The third-order valence-corrected chi connectivity index (χ3v) is 7.03. The molecule has 0 spiro atoms. The Hall–Kier alpha value is -2.43. The van der Waals surface area contributed by atoms with Crippen molar-refractivity contribution in [2.45, 2.75) is 37.1 Å². The molecule has 1 fully saturated rings. The lowest BCUT2D eigenvalue weighted by Gasteiger charge is -2.26. The summed E-state index contributed by atoms with van der Waals surface area (Å²) in [5.74, 6) is -1.41. The van der Waals surface area contributed by atoms with E-state index < -0.39 is 30.6 Å². The Balaban J connectivity index is 1.75. The number of thiazole rings is 1. The Bertz CT molecular complexity index is 894. The van der Waals surface area contributed by atoms with Crippen molar-refractivity contribution in [3.8, 4) is 0 Å². The number of ether oxygens (including phenoxy) is 1. The van der Waals surface area contributed by atoms with Gasteiger partial charge in [-0.15, -0.1) is 23.1 Å². The minimum absolute atomic E-state index is 0.123. The van der Waals surface area contributed by atoms with E-state index in [0.29, 0.717) is 18.6 Å². The first kappa shape index (κ1) is 24.2. The van der Waals surface area contributed by atoms with E-state index >= 15 is 0 Å². The lowest BCUT2D eigenvalue weighted by atomic mass is 10.0. The summed E-state index contributed by atoms with van der Waals surface area (Å²) in [6.45, 7) is 1.84. The molecule has 10 heteroatoms. The van der Waals surface area contributed by atoms with Crippen molar-refractivity contribution in [3.63, 3.8) is 0 Å². The largest absolute Gasteiger partial charge is 0.480 e. The third kappa shape index (κ3) is 6.78. The number of benzene rings is 1. The van der Waals surface area contributed by atoms with Gasteiger partial charge in [-0.3, -0.25) is 19.7 Å². The number of carbonyl (C=O) groups excluding carboxylic acids is 2. The molecule has 1 amide bonds. The van der Waals surface area contributed by atoms with E-state index in [4.69, 9.17) is 4.74 Å². The molecule has 0 saturated carbocycles. The van der Waals surface area contributed by atoms with Crippen molar-refractivity contribution in [2.75, 3.05) is 25.4 Å². The van der Waals surface area contributed by atoms with Crippen LogP contribution in [0.1, 0.15) is 29.9 Å². The van der Waals surface area contributed by atoms with Gasteiger partial charge in [-0.2, -0.15) is 0 Å². The molecule has 1 aliphatic rings. The lowest BCUT2D eigenvalue weighted by Crippen LogP contribution is -2.53.